The molecule has 7 heteroatoms. The molecule has 5 nitrogen and oxygen atoms in total. The van der Waals surface area contributed by atoms with Gasteiger partial charge in [0, 0.05) is 0 Å². The SMILES string of the molecule is C[C@H](NC(=O)C(=O)N/N=C\c1ccc(Cl)c(Cl)c1)c1ccccc1. The average molecular weight is 364 g/mol. The molecule has 0 aliphatic heterocycles. The molecule has 0 spiro atoms. The average Bonchev–Trinajstić information content (AvgIpc) is 2.58. The van der Waals surface area contributed by atoms with Crippen LogP contribution in [0.1, 0.15) is 24.1 Å². The molecule has 2 aromatic carbocycles. The number of hydrogen-bond acceptors (Lipinski definition) is 3. The molecule has 0 unspecified atom stereocenters. The van der Waals surface area contributed by atoms with Gasteiger partial charge in [-0.3, -0.25) is 9.59 Å². The van der Waals surface area contributed by atoms with Gasteiger partial charge in [-0.15, -0.1) is 0 Å². The highest BCUT2D eigenvalue weighted by Crippen LogP contribution is 2.21. The Kier molecular flexibility index (Phi) is 6.35. The van der Waals surface area contributed by atoms with Crippen LogP contribution in [0.3, 0.4) is 0 Å². The van der Waals surface area contributed by atoms with E-state index in [0.717, 1.165) is 5.56 Å². The van der Waals surface area contributed by atoms with Gasteiger partial charge in [0.15, 0.2) is 0 Å². The lowest BCUT2D eigenvalue weighted by Gasteiger charge is -2.13. The molecule has 2 N–H and O–H groups in total. The van der Waals surface area contributed by atoms with Crippen LogP contribution in [-0.4, -0.2) is 18.0 Å². The lowest BCUT2D eigenvalue weighted by molar-refractivity contribution is -0.139. The van der Waals surface area contributed by atoms with Crippen LogP contribution in [0.2, 0.25) is 10.0 Å². The van der Waals surface area contributed by atoms with Crippen molar-refractivity contribution >= 4 is 41.2 Å². The molecule has 0 aromatic heterocycles. The molecule has 124 valence electrons. The van der Waals surface area contributed by atoms with Crippen molar-refractivity contribution in [1.29, 1.82) is 0 Å². The van der Waals surface area contributed by atoms with E-state index in [1.165, 1.54) is 6.21 Å². The maximum absolute atomic E-state index is 11.8. The van der Waals surface area contributed by atoms with Crippen molar-refractivity contribution in [2.45, 2.75) is 13.0 Å². The maximum Gasteiger partial charge on any atom is 0.329 e. The Hall–Kier alpha value is -2.37. The fourth-order valence-electron chi connectivity index (χ4n) is 1.90. The first-order valence-corrected chi connectivity index (χ1v) is 7.87. The van der Waals surface area contributed by atoms with Gasteiger partial charge in [0.25, 0.3) is 0 Å². The van der Waals surface area contributed by atoms with E-state index in [0.29, 0.717) is 15.6 Å². The summed E-state index contributed by atoms with van der Waals surface area (Å²) in [6, 6.07) is 13.9. The maximum atomic E-state index is 11.8. The largest absolute Gasteiger partial charge is 0.341 e. The monoisotopic (exact) mass is 363 g/mol. The third-order valence-corrected chi connectivity index (χ3v) is 3.92. The summed E-state index contributed by atoms with van der Waals surface area (Å²) in [7, 11) is 0. The molecule has 0 aliphatic carbocycles. The summed E-state index contributed by atoms with van der Waals surface area (Å²) in [4.78, 5) is 23.6. The summed E-state index contributed by atoms with van der Waals surface area (Å²) in [6.45, 7) is 1.79. The van der Waals surface area contributed by atoms with Gasteiger partial charge in [-0.1, -0.05) is 59.6 Å². The van der Waals surface area contributed by atoms with Crippen LogP contribution < -0.4 is 10.7 Å². The zero-order valence-electron chi connectivity index (χ0n) is 12.8. The highest BCUT2D eigenvalue weighted by atomic mass is 35.5. The van der Waals surface area contributed by atoms with E-state index in [2.05, 4.69) is 15.8 Å². The number of nitrogens with zero attached hydrogens (tertiary/aromatic N) is 1. The van der Waals surface area contributed by atoms with E-state index < -0.39 is 11.8 Å². The Bertz CT molecular complexity index is 764. The Morgan fingerprint density at radius 3 is 2.42 bits per heavy atom. The normalized spacial score (nSPS) is 12.0. The number of hydrazone groups is 1. The number of hydrogen-bond donors (Lipinski definition) is 2. The van der Waals surface area contributed by atoms with Crippen LogP contribution in [0.15, 0.2) is 53.6 Å². The van der Waals surface area contributed by atoms with E-state index in [-0.39, 0.29) is 6.04 Å². The van der Waals surface area contributed by atoms with Crippen LogP contribution in [-0.2, 0) is 9.59 Å². The number of amides is 2. The summed E-state index contributed by atoms with van der Waals surface area (Å²) in [6.07, 6.45) is 1.37. The number of carbonyl (C=O) groups excluding carboxylic acids is 2. The minimum absolute atomic E-state index is 0.288. The smallest absolute Gasteiger partial charge is 0.329 e. The molecular formula is C17H15Cl2N3O2. The Morgan fingerprint density at radius 2 is 1.75 bits per heavy atom. The second-order valence-electron chi connectivity index (χ2n) is 4.98. The van der Waals surface area contributed by atoms with Crippen molar-refractivity contribution in [2.75, 3.05) is 0 Å². The minimum Gasteiger partial charge on any atom is -0.341 e. The van der Waals surface area contributed by atoms with E-state index in [1.54, 1.807) is 25.1 Å². The molecule has 0 heterocycles. The van der Waals surface area contributed by atoms with Gasteiger partial charge in [0.05, 0.1) is 22.3 Å². The third kappa shape index (κ3) is 5.08. The van der Waals surface area contributed by atoms with E-state index >= 15 is 0 Å². The van der Waals surface area contributed by atoms with Gasteiger partial charge >= 0.3 is 11.8 Å². The lowest BCUT2D eigenvalue weighted by atomic mass is 10.1. The molecule has 2 rings (SSSR count). The standard InChI is InChI=1S/C17H15Cl2N3O2/c1-11(13-5-3-2-4-6-13)21-16(23)17(24)22-20-10-12-7-8-14(18)15(19)9-12/h2-11H,1H3,(H,21,23)(H,22,24)/b20-10-/t11-/m0/s1. The van der Waals surface area contributed by atoms with Crippen LogP contribution >= 0.6 is 23.2 Å². The topological polar surface area (TPSA) is 70.6 Å². The van der Waals surface area contributed by atoms with Gasteiger partial charge in [0.2, 0.25) is 0 Å². The second kappa shape index (κ2) is 8.47. The summed E-state index contributed by atoms with van der Waals surface area (Å²) in [5.41, 5.74) is 3.71. The van der Waals surface area contributed by atoms with Crippen LogP contribution in [0.4, 0.5) is 0 Å². The van der Waals surface area contributed by atoms with Gasteiger partial charge < -0.3 is 5.32 Å². The van der Waals surface area contributed by atoms with E-state index in [4.69, 9.17) is 23.2 Å². The van der Waals surface area contributed by atoms with Crippen LogP contribution in [0, 0.1) is 0 Å². The molecule has 2 aromatic rings. The Balaban J connectivity index is 1.88. The fraction of sp³-hybridized carbons (Fsp3) is 0.118. The van der Waals surface area contributed by atoms with Gasteiger partial charge in [-0.25, -0.2) is 5.43 Å². The number of nitrogens with one attached hydrogen (secondary N) is 2. The number of halogens is 2. The lowest BCUT2D eigenvalue weighted by Crippen LogP contribution is -2.39. The predicted molar refractivity (Wildman–Crippen MR) is 95.2 cm³/mol. The third-order valence-electron chi connectivity index (χ3n) is 3.18. The Labute approximate surface area is 149 Å². The van der Waals surface area contributed by atoms with Gasteiger partial charge in [-0.05, 0) is 30.2 Å². The molecule has 0 fully saturated rings. The summed E-state index contributed by atoms with van der Waals surface area (Å²) >= 11 is 11.7. The van der Waals surface area contributed by atoms with Crippen molar-refractivity contribution in [3.63, 3.8) is 0 Å². The van der Waals surface area contributed by atoms with Crippen LogP contribution in [0.25, 0.3) is 0 Å². The van der Waals surface area contributed by atoms with Crippen molar-refractivity contribution in [3.8, 4) is 0 Å². The van der Waals surface area contributed by atoms with Crippen molar-refractivity contribution in [2.24, 2.45) is 5.10 Å². The molecule has 0 bridgehead atoms. The zero-order valence-corrected chi connectivity index (χ0v) is 14.3. The molecule has 2 amide bonds. The first-order chi connectivity index (χ1) is 11.5. The molecule has 1 atom stereocenters. The summed E-state index contributed by atoms with van der Waals surface area (Å²) in [5, 5.41) is 7.12. The van der Waals surface area contributed by atoms with Crippen LogP contribution in [0.5, 0.6) is 0 Å². The number of carbonyl (C=O) groups is 2. The second-order valence-corrected chi connectivity index (χ2v) is 5.79. The molecule has 0 aliphatic rings. The van der Waals surface area contributed by atoms with Crippen molar-refractivity contribution < 1.29 is 9.59 Å². The van der Waals surface area contributed by atoms with Gasteiger partial charge in [-0.2, -0.15) is 5.10 Å². The highest BCUT2D eigenvalue weighted by Gasteiger charge is 2.16. The van der Waals surface area contributed by atoms with Crippen molar-refractivity contribution in [1.82, 2.24) is 10.7 Å². The zero-order chi connectivity index (χ0) is 17.5. The molecule has 0 radical (unpaired) electrons. The first-order valence-electron chi connectivity index (χ1n) is 7.11. The molecule has 0 saturated heterocycles. The van der Waals surface area contributed by atoms with Crippen molar-refractivity contribution in [3.05, 3.63) is 69.7 Å². The molecule has 24 heavy (non-hydrogen) atoms. The summed E-state index contributed by atoms with van der Waals surface area (Å²) in [5.74, 6) is -1.62. The number of benzene rings is 2. The quantitative estimate of drug-likeness (QED) is 0.496. The Morgan fingerprint density at radius 1 is 1.04 bits per heavy atom. The number of rotatable bonds is 4. The molecular weight excluding hydrogens is 349 g/mol. The van der Waals surface area contributed by atoms with Gasteiger partial charge in [0.1, 0.15) is 0 Å². The first kappa shape index (κ1) is 18.0. The minimum atomic E-state index is -0.853. The molecule has 0 saturated carbocycles. The fourth-order valence-corrected chi connectivity index (χ4v) is 2.20. The predicted octanol–water partition coefficient (Wildman–Crippen LogP) is 3.32. The summed E-state index contributed by atoms with van der Waals surface area (Å²) < 4.78 is 0. The van der Waals surface area contributed by atoms with E-state index in [1.807, 2.05) is 30.3 Å². The van der Waals surface area contributed by atoms with E-state index in [9.17, 15) is 9.59 Å². The highest BCUT2D eigenvalue weighted by molar-refractivity contribution is 6.42.